The first-order chi connectivity index (χ1) is 14.0. The van der Waals surface area contributed by atoms with Gasteiger partial charge in [0.05, 0.1) is 17.2 Å². The van der Waals surface area contributed by atoms with Crippen LogP contribution in [-0.2, 0) is 16.0 Å². The normalized spacial score (nSPS) is 18.1. The van der Waals surface area contributed by atoms with Gasteiger partial charge >= 0.3 is 0 Å². The summed E-state index contributed by atoms with van der Waals surface area (Å²) in [6.07, 6.45) is 2.02. The van der Waals surface area contributed by atoms with Crippen molar-refractivity contribution in [3.05, 3.63) is 82.0 Å². The summed E-state index contributed by atoms with van der Waals surface area (Å²) in [4.78, 5) is 26.0. The van der Waals surface area contributed by atoms with Crippen molar-refractivity contribution < 1.29 is 14.7 Å². The van der Waals surface area contributed by atoms with Crippen molar-refractivity contribution in [3.63, 3.8) is 0 Å². The third-order valence-electron chi connectivity index (χ3n) is 4.85. The van der Waals surface area contributed by atoms with Gasteiger partial charge in [0.25, 0.3) is 0 Å². The molecule has 2 aromatic carbocycles. The van der Waals surface area contributed by atoms with Crippen LogP contribution in [0.2, 0.25) is 5.02 Å². The van der Waals surface area contributed by atoms with Crippen LogP contribution in [-0.4, -0.2) is 16.7 Å². The molecule has 2 N–H and O–H groups in total. The van der Waals surface area contributed by atoms with E-state index in [2.05, 4.69) is 5.32 Å². The number of carbonyl (C=O) groups excluding carboxylic acids is 2. The number of phenolic OH excluding ortho intramolecular Hbond substituents is 1. The van der Waals surface area contributed by atoms with Crippen LogP contribution in [0, 0.1) is 17.2 Å². The van der Waals surface area contributed by atoms with Gasteiger partial charge in [-0.15, -0.1) is 0 Å². The Balaban J connectivity index is 2.02. The summed E-state index contributed by atoms with van der Waals surface area (Å²) < 4.78 is 0. The van der Waals surface area contributed by atoms with E-state index in [9.17, 15) is 20.0 Å². The van der Waals surface area contributed by atoms with Gasteiger partial charge in [-0.2, -0.15) is 5.26 Å². The number of carbonyl (C=O) groups is 2. The zero-order chi connectivity index (χ0) is 21.0. The smallest absolute Gasteiger partial charge is 0.184 e. The van der Waals surface area contributed by atoms with Gasteiger partial charge in [-0.05, 0) is 42.2 Å². The van der Waals surface area contributed by atoms with Gasteiger partial charge in [-0.1, -0.05) is 48.9 Å². The van der Waals surface area contributed by atoms with Gasteiger partial charge in [0.2, 0.25) is 0 Å². The van der Waals surface area contributed by atoms with Gasteiger partial charge in [0.1, 0.15) is 11.8 Å². The number of hydrogen-bond donors (Lipinski definition) is 2. The van der Waals surface area contributed by atoms with Crippen molar-refractivity contribution in [2.24, 2.45) is 5.92 Å². The van der Waals surface area contributed by atoms with Gasteiger partial charge < -0.3 is 10.4 Å². The minimum Gasteiger partial charge on any atom is -0.506 e. The van der Waals surface area contributed by atoms with Crippen LogP contribution in [0.3, 0.4) is 0 Å². The maximum atomic E-state index is 13.2. The zero-order valence-electron chi connectivity index (χ0n) is 15.8. The minimum atomic E-state index is -0.955. The van der Waals surface area contributed by atoms with E-state index in [1.807, 2.05) is 36.4 Å². The lowest BCUT2D eigenvalue weighted by Crippen LogP contribution is -2.34. The molecule has 6 heteroatoms. The summed E-state index contributed by atoms with van der Waals surface area (Å²) in [5.74, 6) is -1.78. The van der Waals surface area contributed by atoms with Crippen LogP contribution >= 0.6 is 11.6 Å². The van der Waals surface area contributed by atoms with E-state index < -0.39 is 11.7 Å². The fourth-order valence-electron chi connectivity index (χ4n) is 3.37. The maximum Gasteiger partial charge on any atom is 0.184 e. The Morgan fingerprint density at radius 1 is 1.17 bits per heavy atom. The van der Waals surface area contributed by atoms with Crippen molar-refractivity contribution in [3.8, 4) is 11.8 Å². The lowest BCUT2D eigenvalue weighted by Gasteiger charge is -2.24. The molecule has 1 aliphatic rings. The Morgan fingerprint density at radius 2 is 1.90 bits per heavy atom. The molecular weight excluding hydrogens is 388 g/mol. The monoisotopic (exact) mass is 406 g/mol. The van der Waals surface area contributed by atoms with E-state index in [0.717, 1.165) is 5.56 Å². The molecule has 146 valence electrons. The van der Waals surface area contributed by atoms with Gasteiger partial charge in [-0.3, -0.25) is 9.59 Å². The molecule has 0 fully saturated rings. The van der Waals surface area contributed by atoms with Crippen LogP contribution in [0.25, 0.3) is 0 Å². The first-order valence-electron chi connectivity index (χ1n) is 9.17. The number of rotatable bonds is 5. The third kappa shape index (κ3) is 4.23. The molecule has 0 saturated carbocycles. The second-order valence-corrected chi connectivity index (χ2v) is 7.09. The van der Waals surface area contributed by atoms with Crippen molar-refractivity contribution in [2.75, 3.05) is 5.32 Å². The summed E-state index contributed by atoms with van der Waals surface area (Å²) in [5, 5.41) is 22.9. The van der Waals surface area contributed by atoms with Crippen molar-refractivity contribution in [1.29, 1.82) is 5.26 Å². The zero-order valence-corrected chi connectivity index (χ0v) is 16.5. The number of phenols is 1. The summed E-state index contributed by atoms with van der Waals surface area (Å²) in [7, 11) is 0. The van der Waals surface area contributed by atoms with Crippen LogP contribution < -0.4 is 5.32 Å². The summed E-state index contributed by atoms with van der Waals surface area (Å²) in [6.45, 7) is 1.79. The molecule has 1 unspecified atom stereocenters. The predicted octanol–water partition coefficient (Wildman–Crippen LogP) is 4.58. The number of benzene rings is 2. The molecule has 3 rings (SSSR count). The predicted molar refractivity (Wildman–Crippen MR) is 111 cm³/mol. The molecule has 1 aliphatic carbocycles. The van der Waals surface area contributed by atoms with E-state index in [1.165, 1.54) is 18.3 Å². The van der Waals surface area contributed by atoms with Crippen LogP contribution in [0.1, 0.15) is 18.9 Å². The Kier molecular flexibility index (Phi) is 6.16. The van der Waals surface area contributed by atoms with E-state index in [4.69, 9.17) is 11.6 Å². The molecule has 0 heterocycles. The molecule has 0 aromatic heterocycles. The molecule has 1 atom stereocenters. The Hall–Kier alpha value is -3.36. The van der Waals surface area contributed by atoms with E-state index in [1.54, 1.807) is 13.0 Å². The summed E-state index contributed by atoms with van der Waals surface area (Å²) in [5.41, 5.74) is 1.85. The molecular formula is C23H19ClN2O3. The Bertz CT molecular complexity index is 1070. The first-order valence-corrected chi connectivity index (χ1v) is 9.55. The summed E-state index contributed by atoms with van der Waals surface area (Å²) >= 11 is 5.97. The molecule has 0 saturated heterocycles. The fourth-order valence-corrected chi connectivity index (χ4v) is 3.54. The molecule has 2 aromatic rings. The second-order valence-electron chi connectivity index (χ2n) is 6.65. The largest absolute Gasteiger partial charge is 0.506 e. The van der Waals surface area contributed by atoms with Crippen molar-refractivity contribution in [1.82, 2.24) is 0 Å². The molecule has 29 heavy (non-hydrogen) atoms. The standard InChI is InChI=1S/C23H19ClN2O3/c1-2-16-18(12-25)22(28)17(10-14-6-4-3-5-7-14)23(29)19(16)13-26-20-11-15(24)8-9-21(20)27/h3-9,11,13,17,26-27H,2,10H2,1H3/b19-13-. The number of allylic oxidation sites excluding steroid dienone is 3. The lowest BCUT2D eigenvalue weighted by atomic mass is 9.75. The highest BCUT2D eigenvalue weighted by Gasteiger charge is 2.39. The SMILES string of the molecule is CCC1=C(C#N)C(=O)C(Cc2ccccc2)C(=O)/C1=C\Nc1cc(Cl)ccc1O. The number of hydrogen-bond acceptors (Lipinski definition) is 5. The van der Waals surface area contributed by atoms with Gasteiger partial charge in [-0.25, -0.2) is 0 Å². The molecule has 5 nitrogen and oxygen atoms in total. The van der Waals surface area contributed by atoms with Crippen LogP contribution in [0.5, 0.6) is 5.75 Å². The number of nitrogens with one attached hydrogen (secondary N) is 1. The molecule has 0 spiro atoms. The lowest BCUT2D eigenvalue weighted by molar-refractivity contribution is -0.128. The molecule has 0 aliphatic heterocycles. The maximum absolute atomic E-state index is 13.2. The van der Waals surface area contributed by atoms with Crippen LogP contribution in [0.15, 0.2) is 71.5 Å². The average Bonchev–Trinajstić information content (AvgIpc) is 2.73. The molecule has 0 radical (unpaired) electrons. The number of halogens is 1. The highest BCUT2D eigenvalue weighted by molar-refractivity contribution is 6.31. The molecule has 0 amide bonds. The van der Waals surface area contributed by atoms with E-state index in [-0.39, 0.29) is 29.1 Å². The highest BCUT2D eigenvalue weighted by atomic mass is 35.5. The number of aromatic hydroxyl groups is 1. The van der Waals surface area contributed by atoms with Gasteiger partial charge in [0.15, 0.2) is 11.6 Å². The van der Waals surface area contributed by atoms with Gasteiger partial charge in [0, 0.05) is 16.8 Å². The Labute approximate surface area is 173 Å². The summed E-state index contributed by atoms with van der Waals surface area (Å²) in [6, 6.07) is 15.7. The van der Waals surface area contributed by atoms with E-state index >= 15 is 0 Å². The number of nitrogens with zero attached hydrogens (tertiary/aromatic N) is 1. The molecule has 0 bridgehead atoms. The first kappa shape index (κ1) is 20.4. The minimum absolute atomic E-state index is 0.0106. The Morgan fingerprint density at radius 3 is 2.55 bits per heavy atom. The number of nitriles is 1. The number of Topliss-reactive ketones (excluding diaryl/α,β-unsaturated/α-hetero) is 2. The average molecular weight is 407 g/mol. The number of anilines is 1. The van der Waals surface area contributed by atoms with Crippen molar-refractivity contribution >= 4 is 28.9 Å². The highest BCUT2D eigenvalue weighted by Crippen LogP contribution is 2.33. The third-order valence-corrected chi connectivity index (χ3v) is 5.09. The van der Waals surface area contributed by atoms with E-state index in [0.29, 0.717) is 22.7 Å². The number of ketones is 2. The second kappa shape index (κ2) is 8.76. The van der Waals surface area contributed by atoms with Crippen molar-refractivity contribution in [2.45, 2.75) is 19.8 Å². The van der Waals surface area contributed by atoms with Crippen LogP contribution in [0.4, 0.5) is 5.69 Å². The quantitative estimate of drug-likeness (QED) is 0.431. The fraction of sp³-hybridized carbons (Fsp3) is 0.174. The topological polar surface area (TPSA) is 90.2 Å².